The summed E-state index contributed by atoms with van der Waals surface area (Å²) in [5, 5.41) is 0. The highest BCUT2D eigenvalue weighted by molar-refractivity contribution is 5.84. The van der Waals surface area contributed by atoms with Gasteiger partial charge in [0.2, 0.25) is 17.8 Å². The molecule has 1 aromatic heterocycles. The molecule has 3 unspecified atom stereocenters. The molecule has 146 valence electrons. The zero-order valence-corrected chi connectivity index (χ0v) is 15.7. The SMILES string of the molecule is NC1CCC2CN(C(=O)CCC(=O)N3CCN(c4ncccn4)CC3)CC12. The van der Waals surface area contributed by atoms with E-state index in [-0.39, 0.29) is 17.9 Å². The average molecular weight is 372 g/mol. The van der Waals surface area contributed by atoms with Crippen LogP contribution < -0.4 is 10.6 Å². The molecule has 2 amide bonds. The molecule has 0 aromatic carbocycles. The average Bonchev–Trinajstić information content (AvgIpc) is 3.29. The van der Waals surface area contributed by atoms with E-state index in [1.54, 1.807) is 18.5 Å². The molecule has 3 atom stereocenters. The van der Waals surface area contributed by atoms with Crippen LogP contribution in [0.3, 0.4) is 0 Å². The Bertz CT molecular complexity index is 676. The van der Waals surface area contributed by atoms with Crippen molar-refractivity contribution in [1.82, 2.24) is 19.8 Å². The number of carbonyl (C=O) groups is 2. The Morgan fingerprint density at radius 2 is 1.63 bits per heavy atom. The number of anilines is 1. The molecular formula is C19H28N6O2. The quantitative estimate of drug-likeness (QED) is 0.805. The van der Waals surface area contributed by atoms with Gasteiger partial charge in [-0.25, -0.2) is 9.97 Å². The van der Waals surface area contributed by atoms with Crippen LogP contribution in [0.15, 0.2) is 18.5 Å². The summed E-state index contributed by atoms with van der Waals surface area (Å²) in [6.45, 7) is 4.33. The van der Waals surface area contributed by atoms with Crippen LogP contribution in [0.4, 0.5) is 5.95 Å². The zero-order chi connectivity index (χ0) is 18.8. The fourth-order valence-electron chi connectivity index (χ4n) is 4.65. The first-order valence-electron chi connectivity index (χ1n) is 9.95. The van der Waals surface area contributed by atoms with E-state index in [1.165, 1.54) is 0 Å². The van der Waals surface area contributed by atoms with Crippen LogP contribution >= 0.6 is 0 Å². The van der Waals surface area contributed by atoms with E-state index in [9.17, 15) is 9.59 Å². The maximum atomic E-state index is 12.5. The third-order valence-corrected chi connectivity index (χ3v) is 6.29. The van der Waals surface area contributed by atoms with Gasteiger partial charge in [-0.15, -0.1) is 0 Å². The van der Waals surface area contributed by atoms with E-state index in [2.05, 4.69) is 14.9 Å². The minimum absolute atomic E-state index is 0.0630. The topological polar surface area (TPSA) is 95.7 Å². The van der Waals surface area contributed by atoms with Gasteiger partial charge in [-0.05, 0) is 30.7 Å². The van der Waals surface area contributed by atoms with Gasteiger partial charge in [0.25, 0.3) is 0 Å². The number of carbonyl (C=O) groups excluding carboxylic acids is 2. The summed E-state index contributed by atoms with van der Waals surface area (Å²) in [6.07, 6.45) is 6.25. The lowest BCUT2D eigenvalue weighted by molar-refractivity contribution is -0.136. The summed E-state index contributed by atoms with van der Waals surface area (Å²) >= 11 is 0. The van der Waals surface area contributed by atoms with Crippen LogP contribution in [0.25, 0.3) is 0 Å². The van der Waals surface area contributed by atoms with E-state index in [1.807, 2.05) is 9.80 Å². The molecule has 1 aliphatic carbocycles. The Morgan fingerprint density at radius 3 is 2.30 bits per heavy atom. The fourth-order valence-corrected chi connectivity index (χ4v) is 4.65. The maximum Gasteiger partial charge on any atom is 0.225 e. The van der Waals surface area contributed by atoms with Crippen LogP contribution in [-0.2, 0) is 9.59 Å². The van der Waals surface area contributed by atoms with Crippen molar-refractivity contribution >= 4 is 17.8 Å². The number of rotatable bonds is 4. The number of fused-ring (bicyclic) bond motifs is 1. The molecule has 0 spiro atoms. The zero-order valence-electron chi connectivity index (χ0n) is 15.7. The van der Waals surface area contributed by atoms with Crippen molar-refractivity contribution in [2.75, 3.05) is 44.2 Å². The third kappa shape index (κ3) is 3.90. The summed E-state index contributed by atoms with van der Waals surface area (Å²) in [7, 11) is 0. The molecule has 1 saturated carbocycles. The molecule has 2 aliphatic heterocycles. The second-order valence-corrected chi connectivity index (χ2v) is 7.88. The van der Waals surface area contributed by atoms with Gasteiger partial charge in [-0.1, -0.05) is 0 Å². The van der Waals surface area contributed by atoms with Crippen molar-refractivity contribution in [2.45, 2.75) is 31.7 Å². The van der Waals surface area contributed by atoms with Crippen molar-refractivity contribution < 1.29 is 9.59 Å². The largest absolute Gasteiger partial charge is 0.342 e. The summed E-state index contributed by atoms with van der Waals surface area (Å²) in [5.74, 6) is 1.89. The van der Waals surface area contributed by atoms with E-state index in [4.69, 9.17) is 5.73 Å². The molecule has 2 saturated heterocycles. The van der Waals surface area contributed by atoms with Gasteiger partial charge >= 0.3 is 0 Å². The highest BCUT2D eigenvalue weighted by Crippen LogP contribution is 2.37. The molecule has 2 N–H and O–H groups in total. The van der Waals surface area contributed by atoms with Crippen LogP contribution in [0.5, 0.6) is 0 Å². The van der Waals surface area contributed by atoms with Crippen molar-refractivity contribution in [1.29, 1.82) is 0 Å². The molecule has 3 heterocycles. The molecular weight excluding hydrogens is 344 g/mol. The van der Waals surface area contributed by atoms with Crippen LogP contribution in [-0.4, -0.2) is 76.9 Å². The number of hydrogen-bond donors (Lipinski definition) is 1. The van der Waals surface area contributed by atoms with Crippen LogP contribution in [0, 0.1) is 11.8 Å². The predicted molar refractivity (Wildman–Crippen MR) is 101 cm³/mol. The molecule has 8 nitrogen and oxygen atoms in total. The maximum absolute atomic E-state index is 12.5. The van der Waals surface area contributed by atoms with Gasteiger partial charge in [0.15, 0.2) is 0 Å². The molecule has 3 aliphatic rings. The van der Waals surface area contributed by atoms with Crippen molar-refractivity contribution in [3.8, 4) is 0 Å². The number of amides is 2. The Labute approximate surface area is 159 Å². The Hall–Kier alpha value is -2.22. The third-order valence-electron chi connectivity index (χ3n) is 6.29. The number of nitrogens with two attached hydrogens (primary N) is 1. The fraction of sp³-hybridized carbons (Fsp3) is 0.684. The number of aromatic nitrogens is 2. The Kier molecular flexibility index (Phi) is 5.24. The monoisotopic (exact) mass is 372 g/mol. The predicted octanol–water partition coefficient (Wildman–Crippen LogP) is 0.101. The Balaban J connectivity index is 1.21. The smallest absolute Gasteiger partial charge is 0.225 e. The lowest BCUT2D eigenvalue weighted by Gasteiger charge is -2.34. The first kappa shape index (κ1) is 18.2. The molecule has 0 radical (unpaired) electrons. The minimum Gasteiger partial charge on any atom is -0.342 e. The Morgan fingerprint density at radius 1 is 0.963 bits per heavy atom. The van der Waals surface area contributed by atoms with E-state index in [0.29, 0.717) is 43.7 Å². The van der Waals surface area contributed by atoms with Crippen molar-refractivity contribution in [2.24, 2.45) is 17.6 Å². The molecule has 3 fully saturated rings. The van der Waals surface area contributed by atoms with Crippen molar-refractivity contribution in [3.63, 3.8) is 0 Å². The number of piperazine rings is 1. The number of nitrogens with zero attached hydrogens (tertiary/aromatic N) is 5. The summed E-state index contributed by atoms with van der Waals surface area (Å²) < 4.78 is 0. The summed E-state index contributed by atoms with van der Waals surface area (Å²) in [5.41, 5.74) is 6.14. The normalized spacial score (nSPS) is 27.7. The van der Waals surface area contributed by atoms with Gasteiger partial charge in [-0.3, -0.25) is 9.59 Å². The van der Waals surface area contributed by atoms with Gasteiger partial charge < -0.3 is 20.4 Å². The van der Waals surface area contributed by atoms with Gasteiger partial charge in [0, 0.05) is 70.5 Å². The standard InChI is InChI=1S/C19H28N6O2/c20-16-3-2-14-12-25(13-15(14)16)18(27)5-4-17(26)23-8-10-24(11-9-23)19-21-6-1-7-22-19/h1,6-7,14-16H,2-5,8-13,20H2. The first-order chi connectivity index (χ1) is 13.1. The van der Waals surface area contributed by atoms with Gasteiger partial charge in [0.1, 0.15) is 0 Å². The molecule has 8 heteroatoms. The second-order valence-electron chi connectivity index (χ2n) is 7.88. The highest BCUT2D eigenvalue weighted by atomic mass is 16.2. The molecule has 4 rings (SSSR count). The number of likely N-dealkylation sites (tertiary alicyclic amines) is 1. The van der Waals surface area contributed by atoms with Gasteiger partial charge in [-0.2, -0.15) is 0 Å². The summed E-state index contributed by atoms with van der Waals surface area (Å²) in [4.78, 5) is 39.4. The van der Waals surface area contributed by atoms with E-state index in [0.717, 1.165) is 39.0 Å². The van der Waals surface area contributed by atoms with Gasteiger partial charge in [0.05, 0.1) is 0 Å². The molecule has 27 heavy (non-hydrogen) atoms. The second kappa shape index (κ2) is 7.80. The number of hydrogen-bond acceptors (Lipinski definition) is 6. The van der Waals surface area contributed by atoms with Crippen LogP contribution in [0.2, 0.25) is 0 Å². The summed E-state index contributed by atoms with van der Waals surface area (Å²) in [6, 6.07) is 2.03. The van der Waals surface area contributed by atoms with Crippen molar-refractivity contribution in [3.05, 3.63) is 18.5 Å². The lowest BCUT2D eigenvalue weighted by atomic mass is 9.98. The van der Waals surface area contributed by atoms with E-state index < -0.39 is 0 Å². The minimum atomic E-state index is 0.0630. The molecule has 0 bridgehead atoms. The van der Waals surface area contributed by atoms with Crippen LogP contribution in [0.1, 0.15) is 25.7 Å². The highest BCUT2D eigenvalue weighted by Gasteiger charge is 2.42. The lowest BCUT2D eigenvalue weighted by Crippen LogP contribution is -2.49. The molecule has 1 aromatic rings. The first-order valence-corrected chi connectivity index (χ1v) is 9.95. The van der Waals surface area contributed by atoms with E-state index >= 15 is 0 Å².